The second kappa shape index (κ2) is 3.46. The quantitative estimate of drug-likeness (QED) is 0.634. The molecule has 0 radical (unpaired) electrons. The molecule has 0 aliphatic carbocycles. The van der Waals surface area contributed by atoms with Gasteiger partial charge in [-0.1, -0.05) is 0 Å². The Morgan fingerprint density at radius 3 is 2.55 bits per heavy atom. The van der Waals surface area contributed by atoms with Gasteiger partial charge in [0.25, 0.3) is 0 Å². The van der Waals surface area contributed by atoms with E-state index in [2.05, 4.69) is 31.4 Å². The second-order valence-electron chi connectivity index (χ2n) is 4.14. The Labute approximate surface area is 77.0 Å². The summed E-state index contributed by atoms with van der Waals surface area (Å²) in [6.45, 7) is 4.82. The van der Waals surface area contributed by atoms with E-state index < -0.39 is 5.98 Å². The number of rotatable bonds is 2. The van der Waals surface area contributed by atoms with Gasteiger partial charge in [-0.05, 0) is 0 Å². The average molecular weight is 228 g/mol. The van der Waals surface area contributed by atoms with Crippen molar-refractivity contribution in [1.82, 2.24) is 0 Å². The van der Waals surface area contributed by atoms with Crippen molar-refractivity contribution in [3.63, 3.8) is 0 Å². The van der Waals surface area contributed by atoms with Gasteiger partial charge in [0, 0.05) is 0 Å². The van der Waals surface area contributed by atoms with Gasteiger partial charge in [-0.3, -0.25) is 0 Å². The molecule has 68 valence electrons. The zero-order valence-electron chi connectivity index (χ0n) is 7.51. The average Bonchev–Trinajstić information content (AvgIpc) is 2.08. The van der Waals surface area contributed by atoms with Crippen LogP contribution in [-0.4, -0.2) is 24.4 Å². The van der Waals surface area contributed by atoms with Crippen molar-refractivity contribution in [2.75, 3.05) is 18.7 Å². The molecule has 0 aromatic carbocycles. The Morgan fingerprint density at radius 1 is 1.55 bits per heavy atom. The van der Waals surface area contributed by atoms with Gasteiger partial charge in [0.1, 0.15) is 0 Å². The van der Waals surface area contributed by atoms with Gasteiger partial charge >= 0.3 is 76.6 Å². The Hall–Kier alpha value is 1.72. The fourth-order valence-corrected chi connectivity index (χ4v) is 14.9. The normalized spacial score (nSPS) is 40.0. The van der Waals surface area contributed by atoms with Crippen LogP contribution >= 0.6 is 32.4 Å². The third-order valence-corrected chi connectivity index (χ3v) is 16.4. The van der Waals surface area contributed by atoms with E-state index in [0.717, 1.165) is 5.66 Å². The van der Waals surface area contributed by atoms with Crippen LogP contribution in [0.25, 0.3) is 0 Å². The summed E-state index contributed by atoms with van der Waals surface area (Å²) >= 11 is 0. The molecule has 0 nitrogen and oxygen atoms in total. The van der Waals surface area contributed by atoms with Crippen LogP contribution in [0.5, 0.6) is 0 Å². The van der Waals surface area contributed by atoms with E-state index in [0.29, 0.717) is 0 Å². The van der Waals surface area contributed by atoms with E-state index in [-0.39, 0.29) is 0 Å². The molecule has 1 aliphatic rings. The molecule has 1 aliphatic heterocycles. The van der Waals surface area contributed by atoms with Crippen LogP contribution in [0.2, 0.25) is 0 Å². The standard InChI is InChI=1S/C7H20P4/c1-3-4-7-5-10-6-11(7,2,8)9/h7,10H,3-6,8-9H2,1-2H3. The summed E-state index contributed by atoms with van der Waals surface area (Å²) in [6.07, 6.45) is 4.33. The molecule has 0 N–H and O–H groups in total. The summed E-state index contributed by atoms with van der Waals surface area (Å²) in [5.41, 5.74) is 1.04. The fraction of sp³-hybridized carbons (Fsp3) is 1.00. The second-order valence-corrected chi connectivity index (χ2v) is 21.9. The van der Waals surface area contributed by atoms with Crippen molar-refractivity contribution < 1.29 is 0 Å². The maximum absolute atomic E-state index is 3.20. The molecule has 4 atom stereocenters. The zero-order chi connectivity index (χ0) is 8.56. The zero-order valence-corrected chi connectivity index (χ0v) is 11.7. The van der Waals surface area contributed by atoms with Crippen molar-refractivity contribution in [2.24, 2.45) is 0 Å². The molecule has 1 heterocycles. The molecule has 1 saturated heterocycles. The minimum atomic E-state index is -1.31. The molecule has 4 unspecified atom stereocenters. The van der Waals surface area contributed by atoms with Crippen molar-refractivity contribution in [2.45, 2.75) is 25.4 Å². The molecule has 11 heavy (non-hydrogen) atoms. The molecule has 1 rings (SSSR count). The third-order valence-electron chi connectivity index (χ3n) is 2.59. The molecule has 0 amide bonds. The Bertz CT molecular complexity index is 146. The first-order valence-electron chi connectivity index (χ1n) is 4.27. The Kier molecular flexibility index (Phi) is 3.40. The van der Waals surface area contributed by atoms with Crippen LogP contribution in [0.15, 0.2) is 0 Å². The third kappa shape index (κ3) is 2.58. The van der Waals surface area contributed by atoms with Gasteiger partial charge < -0.3 is 0 Å². The molecule has 0 saturated carbocycles. The molecule has 4 heteroatoms. The number of hydrogen-bond donors (Lipinski definition) is 0. The summed E-state index contributed by atoms with van der Waals surface area (Å²) in [4.78, 5) is 0. The van der Waals surface area contributed by atoms with Crippen molar-refractivity contribution in [3.05, 3.63) is 0 Å². The van der Waals surface area contributed by atoms with E-state index >= 15 is 0 Å². The van der Waals surface area contributed by atoms with Gasteiger partial charge in [0.2, 0.25) is 0 Å². The summed E-state index contributed by atoms with van der Waals surface area (Å²) in [5, 5.41) is 0. The van der Waals surface area contributed by atoms with Crippen molar-refractivity contribution in [1.29, 1.82) is 0 Å². The first-order chi connectivity index (χ1) is 4.94. The minimum absolute atomic E-state index is 1.04. The first-order valence-corrected chi connectivity index (χ1v) is 11.9. The Morgan fingerprint density at radius 2 is 2.18 bits per heavy atom. The molecule has 0 aromatic rings. The van der Waals surface area contributed by atoms with Crippen LogP contribution in [0.3, 0.4) is 0 Å². The number of hydrogen-bond acceptors (Lipinski definition) is 0. The SMILES string of the molecule is CCCC1CPCP1(C)(P)P. The molecular formula is C7H20P4. The van der Waals surface area contributed by atoms with Crippen molar-refractivity contribution >= 4 is 32.4 Å². The summed E-state index contributed by atoms with van der Waals surface area (Å²) in [6, 6.07) is 0. The van der Waals surface area contributed by atoms with Crippen LogP contribution in [0.1, 0.15) is 19.8 Å². The molecular weight excluding hydrogens is 208 g/mol. The van der Waals surface area contributed by atoms with Gasteiger partial charge in [-0.15, -0.1) is 0 Å². The summed E-state index contributed by atoms with van der Waals surface area (Å²) in [7, 11) is 7.64. The van der Waals surface area contributed by atoms with Gasteiger partial charge in [-0.25, -0.2) is 0 Å². The molecule has 0 bridgehead atoms. The fourth-order valence-electron chi connectivity index (χ4n) is 1.73. The van der Waals surface area contributed by atoms with Crippen LogP contribution < -0.4 is 0 Å². The van der Waals surface area contributed by atoms with E-state index in [1.165, 1.54) is 33.5 Å². The monoisotopic (exact) mass is 228 g/mol. The van der Waals surface area contributed by atoms with Gasteiger partial charge in [-0.2, -0.15) is 0 Å². The van der Waals surface area contributed by atoms with E-state index in [9.17, 15) is 0 Å². The first kappa shape index (κ1) is 10.8. The van der Waals surface area contributed by atoms with Crippen LogP contribution in [0.4, 0.5) is 0 Å². The molecule has 0 aromatic heterocycles. The predicted octanol–water partition coefficient (Wildman–Crippen LogP) is 3.57. The van der Waals surface area contributed by atoms with E-state index in [1.54, 1.807) is 0 Å². The van der Waals surface area contributed by atoms with Crippen LogP contribution in [-0.2, 0) is 0 Å². The molecule has 0 spiro atoms. The van der Waals surface area contributed by atoms with Crippen molar-refractivity contribution in [3.8, 4) is 0 Å². The van der Waals surface area contributed by atoms with Gasteiger partial charge in [0.15, 0.2) is 0 Å². The van der Waals surface area contributed by atoms with E-state index in [1.807, 2.05) is 0 Å². The van der Waals surface area contributed by atoms with Crippen LogP contribution in [0, 0.1) is 0 Å². The van der Waals surface area contributed by atoms with E-state index in [4.69, 9.17) is 0 Å². The predicted molar refractivity (Wildman–Crippen MR) is 69.0 cm³/mol. The topological polar surface area (TPSA) is 0 Å². The summed E-state index contributed by atoms with van der Waals surface area (Å²) < 4.78 is 0. The maximum atomic E-state index is 3.20. The van der Waals surface area contributed by atoms with Gasteiger partial charge in [0.05, 0.1) is 0 Å². The summed E-state index contributed by atoms with van der Waals surface area (Å²) in [5.74, 6) is 0.200. The molecule has 1 fully saturated rings. The Balaban J connectivity index is 2.66.